The molecule has 0 saturated heterocycles. The molecule has 0 aromatic heterocycles. The number of rotatable bonds is 6. The molecule has 0 unspecified atom stereocenters. The van der Waals surface area contributed by atoms with Gasteiger partial charge in [0.2, 0.25) is 0 Å². The largest absolute Gasteiger partial charge is 0.0605 e. The fourth-order valence-electron chi connectivity index (χ4n) is 2.21. The fourth-order valence-corrected chi connectivity index (χ4v) is 2.61. The zero-order valence-electron chi connectivity index (χ0n) is 11.2. The Bertz CT molecular complexity index is 499. The zero-order valence-corrected chi connectivity index (χ0v) is 12.8. The van der Waals surface area contributed by atoms with Crippen molar-refractivity contribution < 1.29 is 0 Å². The van der Waals surface area contributed by atoms with Crippen molar-refractivity contribution >= 4 is 15.9 Å². The molecule has 0 aliphatic carbocycles. The van der Waals surface area contributed by atoms with Crippen molar-refractivity contribution in [3.05, 3.63) is 65.5 Å². The lowest BCUT2D eigenvalue weighted by Gasteiger charge is -2.05. The van der Waals surface area contributed by atoms with Gasteiger partial charge < -0.3 is 0 Å². The molecule has 0 aliphatic rings. The van der Waals surface area contributed by atoms with Gasteiger partial charge in [-0.2, -0.15) is 0 Å². The third-order valence-electron chi connectivity index (χ3n) is 3.33. The van der Waals surface area contributed by atoms with Crippen LogP contribution in [0.25, 0.3) is 11.1 Å². The van der Waals surface area contributed by atoms with Crippen molar-refractivity contribution in [3.8, 4) is 11.1 Å². The van der Waals surface area contributed by atoms with Crippen LogP contribution < -0.4 is 0 Å². The van der Waals surface area contributed by atoms with Crippen LogP contribution in [0.3, 0.4) is 0 Å². The van der Waals surface area contributed by atoms with E-state index in [0.717, 1.165) is 10.9 Å². The topological polar surface area (TPSA) is 0 Å². The van der Waals surface area contributed by atoms with E-state index in [0.29, 0.717) is 0 Å². The summed E-state index contributed by atoms with van der Waals surface area (Å²) in [5.74, 6) is 0. The van der Waals surface area contributed by atoms with E-state index in [9.17, 15) is 0 Å². The molecule has 1 heteroatoms. The van der Waals surface area contributed by atoms with Gasteiger partial charge in [-0.05, 0) is 41.7 Å². The molecule has 2 rings (SSSR count). The highest BCUT2D eigenvalue weighted by molar-refractivity contribution is 9.10. The van der Waals surface area contributed by atoms with E-state index in [4.69, 9.17) is 0 Å². The molecule has 1 radical (unpaired) electrons. The lowest BCUT2D eigenvalue weighted by molar-refractivity contribution is 0.686. The van der Waals surface area contributed by atoms with Gasteiger partial charge in [0.15, 0.2) is 0 Å². The lowest BCUT2D eigenvalue weighted by atomic mass is 10.0. The molecule has 0 N–H and O–H groups in total. The van der Waals surface area contributed by atoms with E-state index in [-0.39, 0.29) is 0 Å². The molecular weight excluding hydrogens is 296 g/mol. The minimum atomic E-state index is 1.06. The minimum Gasteiger partial charge on any atom is -0.0605 e. The van der Waals surface area contributed by atoms with Crippen molar-refractivity contribution in [1.82, 2.24) is 0 Å². The number of aryl methyl sites for hydroxylation is 1. The number of unbranched alkanes of at least 4 members (excludes halogenated alkanes) is 3. The first-order valence-electron chi connectivity index (χ1n) is 6.94. The fraction of sp³-hybridized carbons (Fsp3) is 0.278. The Hall–Kier alpha value is -1.08. The average Bonchev–Trinajstić information content (AvgIpc) is 2.44. The Kier molecular flexibility index (Phi) is 5.65. The first kappa shape index (κ1) is 14.3. The molecule has 0 aliphatic heterocycles. The monoisotopic (exact) mass is 315 g/mol. The third kappa shape index (κ3) is 4.50. The van der Waals surface area contributed by atoms with Crippen molar-refractivity contribution in [2.45, 2.75) is 32.1 Å². The normalized spacial score (nSPS) is 10.6. The molecule has 99 valence electrons. The van der Waals surface area contributed by atoms with Crippen LogP contribution in [-0.4, -0.2) is 0 Å². The van der Waals surface area contributed by atoms with Gasteiger partial charge in [0.05, 0.1) is 0 Å². The number of halogens is 1. The molecule has 0 bridgehead atoms. The van der Waals surface area contributed by atoms with Crippen LogP contribution in [0.4, 0.5) is 0 Å². The minimum absolute atomic E-state index is 1.06. The first-order chi connectivity index (χ1) is 9.29. The summed E-state index contributed by atoms with van der Waals surface area (Å²) in [6.45, 7) is 3.88. The molecule has 2 aromatic rings. The molecule has 19 heavy (non-hydrogen) atoms. The van der Waals surface area contributed by atoms with Crippen LogP contribution in [0.5, 0.6) is 0 Å². The van der Waals surface area contributed by atoms with E-state index in [1.807, 2.05) is 0 Å². The lowest BCUT2D eigenvalue weighted by Crippen LogP contribution is -1.86. The Labute approximate surface area is 125 Å². The van der Waals surface area contributed by atoms with Gasteiger partial charge in [0.1, 0.15) is 0 Å². The van der Waals surface area contributed by atoms with E-state index in [1.165, 1.54) is 42.4 Å². The van der Waals surface area contributed by atoms with Gasteiger partial charge in [0, 0.05) is 4.47 Å². The van der Waals surface area contributed by atoms with Crippen molar-refractivity contribution in [2.24, 2.45) is 0 Å². The smallest absolute Gasteiger partial charge is 0.0181 e. The maximum Gasteiger partial charge on any atom is 0.0181 e. The second-order valence-electron chi connectivity index (χ2n) is 4.87. The number of hydrogen-bond donors (Lipinski definition) is 0. The highest BCUT2D eigenvalue weighted by atomic mass is 79.9. The Morgan fingerprint density at radius 2 is 1.63 bits per heavy atom. The van der Waals surface area contributed by atoms with Crippen molar-refractivity contribution in [2.75, 3.05) is 0 Å². The molecule has 0 nitrogen and oxygen atoms in total. The number of benzene rings is 2. The Morgan fingerprint density at radius 1 is 0.842 bits per heavy atom. The summed E-state index contributed by atoms with van der Waals surface area (Å²) in [6, 6.07) is 17.4. The predicted molar refractivity (Wildman–Crippen MR) is 87.1 cm³/mol. The summed E-state index contributed by atoms with van der Waals surface area (Å²) >= 11 is 3.52. The Morgan fingerprint density at radius 3 is 2.32 bits per heavy atom. The highest BCUT2D eigenvalue weighted by Crippen LogP contribution is 2.23. The first-order valence-corrected chi connectivity index (χ1v) is 7.73. The summed E-state index contributed by atoms with van der Waals surface area (Å²) < 4.78 is 1.13. The molecule has 0 fully saturated rings. The van der Waals surface area contributed by atoms with Gasteiger partial charge >= 0.3 is 0 Å². The predicted octanol–water partition coefficient (Wildman–Crippen LogP) is 6.05. The van der Waals surface area contributed by atoms with E-state index in [2.05, 4.69) is 71.4 Å². The summed E-state index contributed by atoms with van der Waals surface area (Å²) in [5.41, 5.74) is 3.98. The molecule has 0 amide bonds. The molecular formula is C18H20Br. The maximum atomic E-state index is 3.88. The summed E-state index contributed by atoms with van der Waals surface area (Å²) in [4.78, 5) is 0. The van der Waals surface area contributed by atoms with Crippen LogP contribution in [0.1, 0.15) is 31.2 Å². The molecule has 0 spiro atoms. The Balaban J connectivity index is 1.98. The second-order valence-corrected chi connectivity index (χ2v) is 5.79. The summed E-state index contributed by atoms with van der Waals surface area (Å²) in [5, 5.41) is 0. The number of hydrogen-bond acceptors (Lipinski definition) is 0. The zero-order chi connectivity index (χ0) is 13.5. The van der Waals surface area contributed by atoms with Gasteiger partial charge in [0.25, 0.3) is 0 Å². The molecule has 0 atom stereocenters. The van der Waals surface area contributed by atoms with Crippen molar-refractivity contribution in [1.29, 1.82) is 0 Å². The average molecular weight is 316 g/mol. The van der Waals surface area contributed by atoms with Gasteiger partial charge in [-0.3, -0.25) is 0 Å². The van der Waals surface area contributed by atoms with Gasteiger partial charge in [-0.25, -0.2) is 0 Å². The van der Waals surface area contributed by atoms with Crippen molar-refractivity contribution in [3.63, 3.8) is 0 Å². The van der Waals surface area contributed by atoms with E-state index >= 15 is 0 Å². The highest BCUT2D eigenvalue weighted by Gasteiger charge is 1.99. The van der Waals surface area contributed by atoms with Gasteiger partial charge in [-0.15, -0.1) is 0 Å². The third-order valence-corrected chi connectivity index (χ3v) is 3.82. The SMILES string of the molecule is [CH2]CCCCCc1ccc(-c2cccc(Br)c2)cc1. The summed E-state index contributed by atoms with van der Waals surface area (Å²) in [7, 11) is 0. The molecule has 2 aromatic carbocycles. The van der Waals surface area contributed by atoms with E-state index < -0.39 is 0 Å². The molecule has 0 saturated carbocycles. The van der Waals surface area contributed by atoms with E-state index in [1.54, 1.807) is 0 Å². The van der Waals surface area contributed by atoms with Crippen LogP contribution in [0, 0.1) is 6.92 Å². The van der Waals surface area contributed by atoms with Gasteiger partial charge in [-0.1, -0.05) is 78.5 Å². The maximum absolute atomic E-state index is 3.88. The molecule has 0 heterocycles. The quantitative estimate of drug-likeness (QED) is 0.569. The van der Waals surface area contributed by atoms with Crippen LogP contribution in [-0.2, 0) is 6.42 Å². The second kappa shape index (κ2) is 7.49. The van der Waals surface area contributed by atoms with Crippen LogP contribution >= 0.6 is 15.9 Å². The van der Waals surface area contributed by atoms with Crippen LogP contribution in [0.15, 0.2) is 53.0 Å². The standard InChI is InChI=1S/C18H20Br/c1-2-3-4-5-7-15-10-12-16(13-11-15)17-8-6-9-18(19)14-17/h6,8-14H,1-5,7H2. The summed E-state index contributed by atoms with van der Waals surface area (Å²) in [6.07, 6.45) is 6.04. The van der Waals surface area contributed by atoms with Crippen LogP contribution in [0.2, 0.25) is 0 Å².